The fourth-order valence-corrected chi connectivity index (χ4v) is 2.49. The van der Waals surface area contributed by atoms with Gasteiger partial charge >= 0.3 is 12.0 Å². The van der Waals surface area contributed by atoms with Crippen LogP contribution in [0.5, 0.6) is 0 Å². The highest BCUT2D eigenvalue weighted by Gasteiger charge is 2.19. The number of nitrogens with zero attached hydrogens (tertiary/aromatic N) is 2. The zero-order valence-corrected chi connectivity index (χ0v) is 16.2. The van der Waals surface area contributed by atoms with Crippen molar-refractivity contribution < 1.29 is 18.7 Å². The van der Waals surface area contributed by atoms with Gasteiger partial charge in [-0.05, 0) is 38.1 Å². The molecule has 3 aromatic rings. The van der Waals surface area contributed by atoms with Gasteiger partial charge in [-0.15, -0.1) is 10.2 Å². The van der Waals surface area contributed by atoms with Gasteiger partial charge in [0, 0.05) is 17.8 Å². The maximum Gasteiger partial charge on any atom is 0.319 e. The highest BCUT2D eigenvalue weighted by molar-refractivity contribution is 5.89. The lowest BCUT2D eigenvalue weighted by Crippen LogP contribution is -2.31. The SMILES string of the molecule is Cc1ccc(-c2nnc([C@@H](C)OC(=O)CCNC(=O)Nc3ccccc3)o2)cc1. The first-order valence-corrected chi connectivity index (χ1v) is 9.21. The largest absolute Gasteiger partial charge is 0.453 e. The van der Waals surface area contributed by atoms with Crippen LogP contribution in [-0.4, -0.2) is 28.7 Å². The summed E-state index contributed by atoms with van der Waals surface area (Å²) in [7, 11) is 0. The number of aromatic nitrogens is 2. The summed E-state index contributed by atoms with van der Waals surface area (Å²) in [6.45, 7) is 3.78. The Morgan fingerprint density at radius 2 is 1.79 bits per heavy atom. The molecule has 2 amide bonds. The first kappa shape index (κ1) is 20.1. The molecule has 8 nitrogen and oxygen atoms in total. The van der Waals surface area contributed by atoms with Crippen LogP contribution in [0.15, 0.2) is 59.0 Å². The normalized spacial score (nSPS) is 11.5. The number of para-hydroxylation sites is 1. The molecule has 0 spiro atoms. The van der Waals surface area contributed by atoms with E-state index in [9.17, 15) is 9.59 Å². The van der Waals surface area contributed by atoms with Gasteiger partial charge in [-0.1, -0.05) is 35.9 Å². The van der Waals surface area contributed by atoms with Crippen LogP contribution in [0.4, 0.5) is 10.5 Å². The fourth-order valence-electron chi connectivity index (χ4n) is 2.49. The summed E-state index contributed by atoms with van der Waals surface area (Å²) < 4.78 is 10.9. The highest BCUT2D eigenvalue weighted by Crippen LogP contribution is 2.22. The van der Waals surface area contributed by atoms with Gasteiger partial charge < -0.3 is 19.8 Å². The minimum absolute atomic E-state index is 0.0194. The number of hydrogen-bond acceptors (Lipinski definition) is 6. The van der Waals surface area contributed by atoms with Crippen molar-refractivity contribution in [1.82, 2.24) is 15.5 Å². The molecule has 1 aromatic heterocycles. The lowest BCUT2D eigenvalue weighted by Gasteiger charge is -2.10. The number of ether oxygens (including phenoxy) is 1. The van der Waals surface area contributed by atoms with Crippen molar-refractivity contribution >= 4 is 17.7 Å². The molecule has 0 saturated heterocycles. The van der Waals surface area contributed by atoms with E-state index in [4.69, 9.17) is 9.15 Å². The van der Waals surface area contributed by atoms with Crippen LogP contribution in [0.1, 0.15) is 30.9 Å². The molecule has 8 heteroatoms. The van der Waals surface area contributed by atoms with Gasteiger partial charge in [-0.25, -0.2) is 4.79 Å². The first-order chi connectivity index (χ1) is 14.0. The van der Waals surface area contributed by atoms with Crippen LogP contribution >= 0.6 is 0 Å². The number of aryl methyl sites for hydroxylation is 1. The number of nitrogens with one attached hydrogen (secondary N) is 2. The molecule has 2 N–H and O–H groups in total. The molecular formula is C21H22N4O4. The average Bonchev–Trinajstić information content (AvgIpc) is 3.19. The maximum atomic E-state index is 12.0. The number of hydrogen-bond donors (Lipinski definition) is 2. The van der Waals surface area contributed by atoms with Crippen LogP contribution in [0.3, 0.4) is 0 Å². The summed E-state index contributed by atoms with van der Waals surface area (Å²) in [6, 6.07) is 16.3. The highest BCUT2D eigenvalue weighted by atomic mass is 16.6. The van der Waals surface area contributed by atoms with Crippen molar-refractivity contribution in [3.8, 4) is 11.5 Å². The van der Waals surface area contributed by atoms with Crippen molar-refractivity contribution in [2.24, 2.45) is 0 Å². The van der Waals surface area contributed by atoms with Crippen LogP contribution in [-0.2, 0) is 9.53 Å². The van der Waals surface area contributed by atoms with E-state index in [0.717, 1.165) is 11.1 Å². The molecule has 2 aromatic carbocycles. The summed E-state index contributed by atoms with van der Waals surface area (Å²) in [6.07, 6.45) is -0.668. The summed E-state index contributed by atoms with van der Waals surface area (Å²) >= 11 is 0. The second-order valence-electron chi connectivity index (χ2n) is 6.44. The smallest absolute Gasteiger partial charge is 0.319 e. The molecule has 29 heavy (non-hydrogen) atoms. The number of carbonyl (C=O) groups is 2. The van der Waals surface area contributed by atoms with E-state index in [2.05, 4.69) is 20.8 Å². The maximum absolute atomic E-state index is 12.0. The molecule has 1 atom stereocenters. The Labute approximate surface area is 168 Å². The fraction of sp³-hybridized carbons (Fsp3) is 0.238. The van der Waals surface area contributed by atoms with E-state index in [1.807, 2.05) is 49.4 Å². The van der Waals surface area contributed by atoms with Gasteiger partial charge in [-0.2, -0.15) is 0 Å². The third-order valence-corrected chi connectivity index (χ3v) is 4.04. The summed E-state index contributed by atoms with van der Waals surface area (Å²) in [5.41, 5.74) is 2.59. The topological polar surface area (TPSA) is 106 Å². The van der Waals surface area contributed by atoms with Crippen molar-refractivity contribution in [3.05, 3.63) is 66.1 Å². The Morgan fingerprint density at radius 3 is 2.52 bits per heavy atom. The van der Waals surface area contributed by atoms with Crippen molar-refractivity contribution in [2.75, 3.05) is 11.9 Å². The predicted octanol–water partition coefficient (Wildman–Crippen LogP) is 3.86. The van der Waals surface area contributed by atoms with Crippen molar-refractivity contribution in [2.45, 2.75) is 26.4 Å². The number of benzene rings is 2. The van der Waals surface area contributed by atoms with Crippen LogP contribution in [0, 0.1) is 6.92 Å². The quantitative estimate of drug-likeness (QED) is 0.589. The number of esters is 1. The summed E-state index contributed by atoms with van der Waals surface area (Å²) in [5, 5.41) is 13.2. The van der Waals surface area contributed by atoms with Gasteiger partial charge in [0.1, 0.15) is 0 Å². The monoisotopic (exact) mass is 394 g/mol. The molecule has 3 rings (SSSR count). The average molecular weight is 394 g/mol. The molecule has 0 radical (unpaired) electrons. The molecule has 0 aliphatic carbocycles. The van der Waals surface area contributed by atoms with E-state index in [0.29, 0.717) is 11.6 Å². The third kappa shape index (κ3) is 5.90. The lowest BCUT2D eigenvalue weighted by atomic mass is 10.1. The van der Waals surface area contributed by atoms with E-state index in [1.165, 1.54) is 0 Å². The Kier molecular flexibility index (Phi) is 6.57. The van der Waals surface area contributed by atoms with Crippen molar-refractivity contribution in [1.29, 1.82) is 0 Å². The van der Waals surface area contributed by atoms with Crippen molar-refractivity contribution in [3.63, 3.8) is 0 Å². The van der Waals surface area contributed by atoms with Gasteiger partial charge in [0.15, 0.2) is 6.10 Å². The number of carbonyl (C=O) groups excluding carboxylic acids is 2. The molecule has 0 saturated carbocycles. The summed E-state index contributed by atoms with van der Waals surface area (Å²) in [4.78, 5) is 23.8. The zero-order chi connectivity index (χ0) is 20.6. The molecular weight excluding hydrogens is 372 g/mol. The van der Waals surface area contributed by atoms with Gasteiger partial charge in [-0.3, -0.25) is 4.79 Å². The Hall–Kier alpha value is -3.68. The standard InChI is InChI=1S/C21H22N4O4/c1-14-8-10-16(11-9-14)20-25-24-19(29-20)15(2)28-18(26)12-13-22-21(27)23-17-6-4-3-5-7-17/h3-11,15H,12-13H2,1-2H3,(H2,22,23,27)/t15-/m1/s1. The van der Waals surface area contributed by atoms with Gasteiger partial charge in [0.05, 0.1) is 6.42 Å². The number of urea groups is 1. The molecule has 0 aliphatic rings. The second kappa shape index (κ2) is 9.50. The van der Waals surface area contributed by atoms with E-state index in [-0.39, 0.29) is 18.9 Å². The first-order valence-electron chi connectivity index (χ1n) is 9.21. The number of amides is 2. The molecule has 0 unspecified atom stereocenters. The molecule has 0 aliphatic heterocycles. The summed E-state index contributed by atoms with van der Waals surface area (Å²) in [5.74, 6) is 0.0958. The van der Waals surface area contributed by atoms with Crippen LogP contribution < -0.4 is 10.6 Å². The molecule has 0 fully saturated rings. The molecule has 1 heterocycles. The Bertz CT molecular complexity index is 954. The minimum atomic E-state index is -0.688. The second-order valence-corrected chi connectivity index (χ2v) is 6.44. The minimum Gasteiger partial charge on any atom is -0.453 e. The van der Waals surface area contributed by atoms with Gasteiger partial charge in [0.25, 0.3) is 5.89 Å². The zero-order valence-electron chi connectivity index (χ0n) is 16.2. The predicted molar refractivity (Wildman–Crippen MR) is 107 cm³/mol. The Morgan fingerprint density at radius 1 is 1.07 bits per heavy atom. The lowest BCUT2D eigenvalue weighted by molar-refractivity contribution is -0.149. The molecule has 0 bridgehead atoms. The third-order valence-electron chi connectivity index (χ3n) is 4.04. The number of anilines is 1. The van der Waals surface area contributed by atoms with E-state index >= 15 is 0 Å². The van der Waals surface area contributed by atoms with E-state index in [1.54, 1.807) is 19.1 Å². The van der Waals surface area contributed by atoms with Crippen LogP contribution in [0.2, 0.25) is 0 Å². The van der Waals surface area contributed by atoms with E-state index < -0.39 is 18.1 Å². The van der Waals surface area contributed by atoms with Gasteiger partial charge in [0.2, 0.25) is 5.89 Å². The molecule has 150 valence electrons. The Balaban J connectivity index is 1.43. The number of rotatable bonds is 7. The van der Waals surface area contributed by atoms with Crippen LogP contribution in [0.25, 0.3) is 11.5 Å².